The van der Waals surface area contributed by atoms with Crippen molar-refractivity contribution in [3.63, 3.8) is 0 Å². The van der Waals surface area contributed by atoms with Gasteiger partial charge in [0.2, 0.25) is 0 Å². The summed E-state index contributed by atoms with van der Waals surface area (Å²) in [5, 5.41) is 0. The van der Waals surface area contributed by atoms with Crippen LogP contribution in [0.5, 0.6) is 0 Å². The van der Waals surface area contributed by atoms with E-state index >= 15 is 0 Å². The summed E-state index contributed by atoms with van der Waals surface area (Å²) in [7, 11) is 0. The van der Waals surface area contributed by atoms with Crippen LogP contribution >= 0.6 is 0 Å². The average Bonchev–Trinajstić information content (AvgIpc) is 3.14. The fourth-order valence-corrected chi connectivity index (χ4v) is 3.65. The zero-order chi connectivity index (χ0) is 14.2. The summed E-state index contributed by atoms with van der Waals surface area (Å²) in [6.45, 7) is 4.22. The van der Waals surface area contributed by atoms with E-state index in [0.29, 0.717) is 11.8 Å². The molecule has 0 aliphatic heterocycles. The average molecular weight is 529 g/mol. The molecule has 0 N–H and O–H groups in total. The van der Waals surface area contributed by atoms with Crippen molar-refractivity contribution < 1.29 is 42.8 Å². The van der Waals surface area contributed by atoms with Crippen molar-refractivity contribution in [3.05, 3.63) is 95.8 Å². The smallest absolute Gasteiger partial charge is 0 e. The van der Waals surface area contributed by atoms with Gasteiger partial charge in [-0.25, -0.2) is 0 Å². The van der Waals surface area contributed by atoms with Crippen molar-refractivity contribution in [3.8, 4) is 0 Å². The molecule has 2 atom stereocenters. The van der Waals surface area contributed by atoms with Crippen LogP contribution < -0.4 is 17.0 Å². The molecule has 23 heavy (non-hydrogen) atoms. The van der Waals surface area contributed by atoms with Gasteiger partial charge in [-0.15, -0.1) is 24.0 Å². The molecule has 2 aliphatic rings. The number of rotatable bonds is 3. The van der Waals surface area contributed by atoms with Crippen LogP contribution in [0.15, 0.2) is 60.7 Å². The first kappa shape index (κ1) is 18.6. The van der Waals surface area contributed by atoms with E-state index in [4.69, 9.17) is 0 Å². The Morgan fingerprint density at radius 3 is 1.65 bits per heavy atom. The fourth-order valence-electron chi connectivity index (χ4n) is 3.65. The number of benzene rings is 2. The quantitative estimate of drug-likeness (QED) is 0.424. The summed E-state index contributed by atoms with van der Waals surface area (Å²) < 4.78 is 0. The van der Waals surface area contributed by atoms with E-state index in [1.807, 2.05) is 0 Å². The van der Waals surface area contributed by atoms with Gasteiger partial charge in [-0.3, -0.25) is 0 Å². The molecule has 0 bridgehead atoms. The zero-order valence-electron chi connectivity index (χ0n) is 12.9. The van der Waals surface area contributed by atoms with Crippen molar-refractivity contribution in [2.24, 2.45) is 0 Å². The molecule has 0 saturated carbocycles. The minimum atomic E-state index is 0. The molecule has 0 heterocycles. The largest absolute Gasteiger partial charge is 1.00 e. The molecule has 2 aliphatic carbocycles. The maximum atomic E-state index is 4.22. The van der Waals surface area contributed by atoms with Crippen molar-refractivity contribution >= 4 is 12.2 Å². The molecule has 0 saturated heterocycles. The summed E-state index contributed by atoms with van der Waals surface area (Å²) in [6, 6.07) is 17.4. The van der Waals surface area contributed by atoms with Gasteiger partial charge in [0.25, 0.3) is 0 Å². The Morgan fingerprint density at radius 2 is 1.22 bits per heavy atom. The molecule has 0 spiro atoms. The molecule has 2 aromatic rings. The second-order valence-electron chi connectivity index (χ2n) is 5.76. The topological polar surface area (TPSA) is 0 Å². The Hall–Kier alpha value is -0.730. The number of fused-ring (bicyclic) bond motifs is 2. The third kappa shape index (κ3) is 3.25. The fraction of sp³-hybridized carbons (Fsp3) is 0.143. The van der Waals surface area contributed by atoms with Gasteiger partial charge < -0.3 is 36.2 Å². The summed E-state index contributed by atoms with van der Waals surface area (Å²) >= 11 is 0. The van der Waals surface area contributed by atoms with Gasteiger partial charge in [-0.1, -0.05) is 71.8 Å². The van der Waals surface area contributed by atoms with Gasteiger partial charge in [0.15, 0.2) is 0 Å². The third-order valence-electron chi connectivity index (χ3n) is 4.69. The maximum absolute atomic E-state index is 4.22. The van der Waals surface area contributed by atoms with E-state index in [1.165, 1.54) is 28.2 Å². The van der Waals surface area contributed by atoms with Crippen LogP contribution in [0, 0.1) is 12.8 Å². The SMILES string of the molecule is [Br-].[CH2-]C[C-](C1C=Cc2ccccc21)C1C=Cc2ccccc21.[Hf]. The molecule has 0 nitrogen and oxygen atoms in total. The molecule has 0 radical (unpaired) electrons. The maximum Gasteiger partial charge on any atom is 0 e. The molecule has 2 unspecified atom stereocenters. The van der Waals surface area contributed by atoms with Crippen LogP contribution in [-0.2, 0) is 25.8 Å². The van der Waals surface area contributed by atoms with Crippen LogP contribution in [0.4, 0.5) is 0 Å². The Bertz CT molecular complexity index is 671. The van der Waals surface area contributed by atoms with E-state index in [2.05, 4.69) is 79.8 Å². The first-order valence-electron chi connectivity index (χ1n) is 7.57. The Balaban J connectivity index is 0.000000960. The van der Waals surface area contributed by atoms with Crippen LogP contribution in [0.2, 0.25) is 0 Å². The minimum absolute atomic E-state index is 0. The molecular formula is C21H18BrHf-3. The van der Waals surface area contributed by atoms with E-state index in [0.717, 1.165) is 6.42 Å². The van der Waals surface area contributed by atoms with Gasteiger partial charge in [0.05, 0.1) is 0 Å². The summed E-state index contributed by atoms with van der Waals surface area (Å²) in [5.74, 6) is 2.30. The van der Waals surface area contributed by atoms with Crippen molar-refractivity contribution in [2.75, 3.05) is 0 Å². The van der Waals surface area contributed by atoms with Crippen LogP contribution in [-0.4, -0.2) is 0 Å². The number of hydrogen-bond donors (Lipinski definition) is 0. The van der Waals surface area contributed by atoms with E-state index in [1.54, 1.807) is 0 Å². The van der Waals surface area contributed by atoms with Gasteiger partial charge >= 0.3 is 0 Å². The predicted octanol–water partition coefficient (Wildman–Crippen LogP) is 2.41. The van der Waals surface area contributed by atoms with Gasteiger partial charge in [0.1, 0.15) is 0 Å². The Morgan fingerprint density at radius 1 is 0.783 bits per heavy atom. The Labute approximate surface area is 168 Å². The summed E-state index contributed by atoms with van der Waals surface area (Å²) in [6.07, 6.45) is 10.0. The van der Waals surface area contributed by atoms with Crippen molar-refractivity contribution in [1.29, 1.82) is 0 Å². The molecule has 2 heteroatoms. The minimum Gasteiger partial charge on any atom is -1.00 e. The van der Waals surface area contributed by atoms with Crippen LogP contribution in [0.1, 0.15) is 40.5 Å². The summed E-state index contributed by atoms with van der Waals surface area (Å²) in [4.78, 5) is 0. The van der Waals surface area contributed by atoms with E-state index < -0.39 is 0 Å². The van der Waals surface area contributed by atoms with E-state index in [-0.39, 0.29) is 42.8 Å². The van der Waals surface area contributed by atoms with E-state index in [9.17, 15) is 0 Å². The van der Waals surface area contributed by atoms with Crippen molar-refractivity contribution in [1.82, 2.24) is 0 Å². The molecule has 0 fully saturated rings. The zero-order valence-corrected chi connectivity index (χ0v) is 18.1. The number of halogens is 1. The van der Waals surface area contributed by atoms with Gasteiger partial charge in [-0.05, 0) is 11.1 Å². The normalized spacial score (nSPS) is 19.9. The van der Waals surface area contributed by atoms with Crippen molar-refractivity contribution in [2.45, 2.75) is 18.3 Å². The van der Waals surface area contributed by atoms with Crippen LogP contribution in [0.3, 0.4) is 0 Å². The molecule has 0 aromatic heterocycles. The van der Waals surface area contributed by atoms with Crippen LogP contribution in [0.25, 0.3) is 12.2 Å². The molecule has 4 rings (SSSR count). The first-order valence-corrected chi connectivity index (χ1v) is 7.57. The predicted molar refractivity (Wildman–Crippen MR) is 89.7 cm³/mol. The first-order chi connectivity index (χ1) is 10.4. The summed E-state index contributed by atoms with van der Waals surface area (Å²) in [5.41, 5.74) is 5.55. The number of allylic oxidation sites excluding steroid dienone is 2. The standard InChI is InChI=1S/C21H18.BrH.Hf/c1-2-17(20-13-11-15-7-3-5-9-18(15)20)21-14-12-16-8-4-6-10-19(16)21;;/h3-14,20-21H,1-2H2;1H;/q-2;;/p-1. The monoisotopic (exact) mass is 529 g/mol. The molecular weight excluding hydrogens is 511 g/mol. The molecule has 116 valence electrons. The Kier molecular flexibility index (Phi) is 6.39. The second kappa shape index (κ2) is 7.90. The van der Waals surface area contributed by atoms with Gasteiger partial charge in [0, 0.05) is 25.8 Å². The molecule has 2 aromatic carbocycles. The second-order valence-corrected chi connectivity index (χ2v) is 5.76. The van der Waals surface area contributed by atoms with Gasteiger partial charge in [-0.2, -0.15) is 0 Å². The molecule has 0 amide bonds. The third-order valence-corrected chi connectivity index (χ3v) is 4.69. The number of hydrogen-bond acceptors (Lipinski definition) is 0.